The van der Waals surface area contributed by atoms with Gasteiger partial charge >= 0.3 is 5.97 Å². The number of esters is 1. The molecule has 0 fully saturated rings. The van der Waals surface area contributed by atoms with E-state index in [1.54, 1.807) is 18.2 Å². The number of fused-ring (bicyclic) bond motifs is 2. The summed E-state index contributed by atoms with van der Waals surface area (Å²) in [5.74, 6) is -0.0871. The Morgan fingerprint density at radius 3 is 2.52 bits per heavy atom. The van der Waals surface area contributed by atoms with Crippen molar-refractivity contribution in [2.45, 2.75) is 40.5 Å². The first-order valence-corrected chi connectivity index (χ1v) is 10.1. The van der Waals surface area contributed by atoms with Gasteiger partial charge in [-0.2, -0.15) is 0 Å². The Kier molecular flexibility index (Phi) is 6.80. The Morgan fingerprint density at radius 1 is 1.03 bits per heavy atom. The third kappa shape index (κ3) is 5.54. The summed E-state index contributed by atoms with van der Waals surface area (Å²) in [6, 6.07) is 7.50. The number of carbonyl (C=O) groups excluding carboxylic acids is 1. The minimum Gasteiger partial charge on any atom is -0.507 e. The molecule has 0 aliphatic carbocycles. The predicted molar refractivity (Wildman–Crippen MR) is 121 cm³/mol. The fourth-order valence-corrected chi connectivity index (χ4v) is 3.20. The Balaban J connectivity index is 1.86. The van der Waals surface area contributed by atoms with Gasteiger partial charge in [0, 0.05) is 19.1 Å². The van der Waals surface area contributed by atoms with E-state index in [1.165, 1.54) is 30.2 Å². The molecular weight excluding hydrogens is 396 g/mol. The summed E-state index contributed by atoms with van der Waals surface area (Å²) in [5, 5.41) is 10.7. The van der Waals surface area contributed by atoms with E-state index in [0.717, 1.165) is 12.8 Å². The molecule has 1 heterocycles. The lowest BCUT2D eigenvalue weighted by molar-refractivity contribution is -0.131. The van der Waals surface area contributed by atoms with Crippen LogP contribution in [0.5, 0.6) is 17.2 Å². The molecule has 3 aromatic rings. The van der Waals surface area contributed by atoms with Crippen molar-refractivity contribution >= 4 is 27.9 Å². The summed E-state index contributed by atoms with van der Waals surface area (Å²) in [6.07, 6.45) is 6.13. The lowest BCUT2D eigenvalue weighted by Crippen LogP contribution is -2.05. The highest BCUT2D eigenvalue weighted by Gasteiger charge is 2.14. The van der Waals surface area contributed by atoms with Crippen molar-refractivity contribution in [2.24, 2.45) is 0 Å². The van der Waals surface area contributed by atoms with Crippen molar-refractivity contribution in [1.82, 2.24) is 0 Å². The van der Waals surface area contributed by atoms with Crippen molar-refractivity contribution in [3.8, 4) is 17.2 Å². The van der Waals surface area contributed by atoms with Crippen LogP contribution in [-0.4, -0.2) is 17.7 Å². The molecule has 3 rings (SSSR count). The van der Waals surface area contributed by atoms with Crippen LogP contribution < -0.4 is 14.9 Å². The van der Waals surface area contributed by atoms with Crippen LogP contribution in [0.1, 0.15) is 40.5 Å². The quantitative estimate of drug-likeness (QED) is 0.229. The number of hydrogen-bond acceptors (Lipinski definition) is 6. The van der Waals surface area contributed by atoms with Crippen molar-refractivity contribution in [2.75, 3.05) is 6.61 Å². The van der Waals surface area contributed by atoms with Gasteiger partial charge in [0.2, 0.25) is 5.43 Å². The van der Waals surface area contributed by atoms with Crippen LogP contribution >= 0.6 is 0 Å². The molecule has 0 aliphatic rings. The van der Waals surface area contributed by atoms with Crippen molar-refractivity contribution < 1.29 is 23.8 Å². The Hall–Kier alpha value is -3.54. The molecule has 0 unspecified atom stereocenters. The molecule has 0 bridgehead atoms. The van der Waals surface area contributed by atoms with Crippen LogP contribution in [0.3, 0.4) is 0 Å². The van der Waals surface area contributed by atoms with Crippen molar-refractivity contribution in [3.63, 3.8) is 0 Å². The van der Waals surface area contributed by atoms with Gasteiger partial charge in [0.25, 0.3) is 0 Å². The molecule has 0 saturated heterocycles. The van der Waals surface area contributed by atoms with E-state index in [4.69, 9.17) is 13.9 Å². The minimum atomic E-state index is -0.490. The van der Waals surface area contributed by atoms with Gasteiger partial charge in [-0.25, -0.2) is 0 Å². The molecule has 0 saturated carbocycles. The first kappa shape index (κ1) is 22.2. The third-order valence-electron chi connectivity index (χ3n) is 4.73. The largest absolute Gasteiger partial charge is 0.507 e. The van der Waals surface area contributed by atoms with E-state index >= 15 is 0 Å². The maximum atomic E-state index is 12.9. The van der Waals surface area contributed by atoms with Gasteiger partial charge in [-0.15, -0.1) is 0 Å². The fourth-order valence-electron chi connectivity index (χ4n) is 3.20. The van der Waals surface area contributed by atoms with Crippen molar-refractivity contribution in [3.05, 3.63) is 63.9 Å². The standard InChI is InChI=1S/C25H26O6/c1-15(2)6-5-7-16(3)10-11-29-19-13-21(27)24-23(14-19)31-22-9-8-18(30-17(4)26)12-20(22)25(24)28/h6,8-10,12-14,27H,5,7,11H2,1-4H3/b16-10+. The Labute approximate surface area is 180 Å². The monoisotopic (exact) mass is 422 g/mol. The van der Waals surface area contributed by atoms with Gasteiger partial charge in [0.05, 0.1) is 5.39 Å². The molecule has 0 radical (unpaired) electrons. The summed E-state index contributed by atoms with van der Waals surface area (Å²) in [7, 11) is 0. The number of carbonyl (C=O) groups is 1. The van der Waals surface area contributed by atoms with Gasteiger partial charge in [0.15, 0.2) is 0 Å². The third-order valence-corrected chi connectivity index (χ3v) is 4.73. The molecule has 6 heteroatoms. The molecule has 162 valence electrons. The van der Waals surface area contributed by atoms with E-state index in [2.05, 4.69) is 26.8 Å². The lowest BCUT2D eigenvalue weighted by atomic mass is 10.1. The molecule has 2 aromatic carbocycles. The van der Waals surface area contributed by atoms with Crippen LogP contribution in [0.4, 0.5) is 0 Å². The number of benzene rings is 2. The summed E-state index contributed by atoms with van der Waals surface area (Å²) in [6.45, 7) is 7.83. The number of allylic oxidation sites excluding steroid dienone is 3. The van der Waals surface area contributed by atoms with E-state index in [0.29, 0.717) is 17.9 Å². The van der Waals surface area contributed by atoms with E-state index in [1.807, 2.05) is 6.08 Å². The van der Waals surface area contributed by atoms with E-state index in [-0.39, 0.29) is 27.9 Å². The first-order chi connectivity index (χ1) is 14.7. The second-order valence-electron chi connectivity index (χ2n) is 7.68. The van der Waals surface area contributed by atoms with Crippen LogP contribution in [0.15, 0.2) is 62.8 Å². The normalized spacial score (nSPS) is 11.5. The number of aromatic hydroxyl groups is 1. The summed E-state index contributed by atoms with van der Waals surface area (Å²) < 4.78 is 16.6. The van der Waals surface area contributed by atoms with E-state index < -0.39 is 11.4 Å². The number of phenolic OH excluding ortho intramolecular Hbond substituents is 1. The van der Waals surface area contributed by atoms with Gasteiger partial charge in [0.1, 0.15) is 40.4 Å². The van der Waals surface area contributed by atoms with E-state index in [9.17, 15) is 14.7 Å². The molecule has 1 aromatic heterocycles. The highest BCUT2D eigenvalue weighted by molar-refractivity contribution is 5.94. The van der Waals surface area contributed by atoms with Crippen LogP contribution in [0.2, 0.25) is 0 Å². The summed E-state index contributed by atoms with van der Waals surface area (Å²) in [4.78, 5) is 24.1. The number of phenols is 1. The van der Waals surface area contributed by atoms with Gasteiger partial charge in [-0.05, 0) is 57.9 Å². The molecule has 31 heavy (non-hydrogen) atoms. The van der Waals surface area contributed by atoms with Crippen molar-refractivity contribution in [1.29, 1.82) is 0 Å². The van der Waals surface area contributed by atoms with Gasteiger partial charge < -0.3 is 19.0 Å². The average Bonchev–Trinajstić information content (AvgIpc) is 2.67. The van der Waals surface area contributed by atoms with Gasteiger partial charge in [-0.1, -0.05) is 17.2 Å². The molecule has 1 N–H and O–H groups in total. The lowest BCUT2D eigenvalue weighted by Gasteiger charge is -2.09. The highest BCUT2D eigenvalue weighted by Crippen LogP contribution is 2.31. The SMILES string of the molecule is CC(=O)Oc1ccc2oc3cc(OC/C=C(\C)CCC=C(C)C)cc(O)c3c(=O)c2c1. The maximum Gasteiger partial charge on any atom is 0.308 e. The number of rotatable bonds is 7. The predicted octanol–water partition coefficient (Wildman–Crippen LogP) is 5.65. The Morgan fingerprint density at radius 2 is 1.81 bits per heavy atom. The van der Waals surface area contributed by atoms with Gasteiger partial charge in [-0.3, -0.25) is 9.59 Å². The molecule has 0 amide bonds. The molecule has 6 nitrogen and oxygen atoms in total. The van der Waals surface area contributed by atoms with Crippen LogP contribution in [0, 0.1) is 0 Å². The highest BCUT2D eigenvalue weighted by atomic mass is 16.5. The first-order valence-electron chi connectivity index (χ1n) is 10.1. The van der Waals surface area contributed by atoms with Crippen LogP contribution in [-0.2, 0) is 4.79 Å². The zero-order valence-electron chi connectivity index (χ0n) is 18.2. The fraction of sp³-hybridized carbons (Fsp3) is 0.280. The van der Waals surface area contributed by atoms with Crippen LogP contribution in [0.25, 0.3) is 21.9 Å². The number of ether oxygens (including phenoxy) is 2. The molecule has 0 spiro atoms. The topological polar surface area (TPSA) is 86.0 Å². The molecular formula is C25H26O6. The zero-order chi connectivity index (χ0) is 22.5. The second kappa shape index (κ2) is 9.51. The molecule has 0 aliphatic heterocycles. The zero-order valence-corrected chi connectivity index (χ0v) is 18.2. The minimum absolute atomic E-state index is 0.0493. The summed E-state index contributed by atoms with van der Waals surface area (Å²) in [5.41, 5.74) is 2.64. The summed E-state index contributed by atoms with van der Waals surface area (Å²) >= 11 is 0. The number of hydrogen-bond donors (Lipinski definition) is 1. The Bertz CT molecular complexity index is 1240. The second-order valence-corrected chi connectivity index (χ2v) is 7.68. The molecule has 0 atom stereocenters. The smallest absolute Gasteiger partial charge is 0.308 e. The maximum absolute atomic E-state index is 12.9. The average molecular weight is 422 g/mol.